The van der Waals surface area contributed by atoms with E-state index in [1.165, 1.54) is 6.07 Å². The molecule has 0 saturated carbocycles. The molecule has 0 aliphatic heterocycles. The Bertz CT molecular complexity index is 428. The van der Waals surface area contributed by atoms with Crippen molar-refractivity contribution in [2.75, 3.05) is 11.9 Å². The number of rotatable bonds is 5. The second-order valence-electron chi connectivity index (χ2n) is 3.60. The van der Waals surface area contributed by atoms with E-state index in [2.05, 4.69) is 5.32 Å². The third-order valence-electron chi connectivity index (χ3n) is 2.20. The lowest BCUT2D eigenvalue weighted by atomic mass is 10.2. The van der Waals surface area contributed by atoms with E-state index >= 15 is 0 Å². The third kappa shape index (κ3) is 3.77. The monoisotopic (exact) mass is 354 g/mol. The van der Waals surface area contributed by atoms with E-state index in [4.69, 9.17) is 5.11 Å². The molecular weight excluding hydrogens is 342 g/mol. The average Bonchev–Trinajstić information content (AvgIpc) is 2.23. The Labute approximate surface area is 111 Å². The van der Waals surface area contributed by atoms with Crippen LogP contribution in [0.3, 0.4) is 0 Å². The number of hydrogen-bond donors (Lipinski definition) is 2. The van der Waals surface area contributed by atoms with Gasteiger partial charge in [0.05, 0.1) is 8.49 Å². The lowest BCUT2D eigenvalue weighted by Crippen LogP contribution is -2.17. The van der Waals surface area contributed by atoms with Gasteiger partial charge in [-0.25, -0.2) is 4.39 Å². The summed E-state index contributed by atoms with van der Waals surface area (Å²) >= 11 is 1.70. The molecule has 17 heavy (non-hydrogen) atoms. The number of nitrogens with one attached hydrogen (secondary N) is 1. The van der Waals surface area contributed by atoms with Gasteiger partial charge in [0.1, 0.15) is 11.5 Å². The molecule has 0 amide bonds. The van der Waals surface area contributed by atoms with E-state index in [-0.39, 0.29) is 27.6 Å². The van der Waals surface area contributed by atoms with Crippen molar-refractivity contribution < 1.29 is 14.4 Å². The molecule has 7 heteroatoms. The minimum absolute atomic E-state index is 0.0329. The zero-order valence-corrected chi connectivity index (χ0v) is 11.3. The molecule has 0 radical (unpaired) electrons. The minimum atomic E-state index is -0.560. The van der Waals surface area contributed by atoms with Gasteiger partial charge in [-0.1, -0.05) is 0 Å². The normalized spacial score (nSPS) is 12.2. The van der Waals surface area contributed by atoms with Gasteiger partial charge in [0.2, 0.25) is 0 Å². The van der Waals surface area contributed by atoms with Crippen molar-refractivity contribution >= 4 is 34.0 Å². The molecule has 2 N–H and O–H groups in total. The summed E-state index contributed by atoms with van der Waals surface area (Å²) in [6.45, 7) is 1.73. The minimum Gasteiger partial charge on any atom is -0.396 e. The van der Waals surface area contributed by atoms with Crippen molar-refractivity contribution in [2.24, 2.45) is 0 Å². The van der Waals surface area contributed by atoms with Crippen molar-refractivity contribution in [3.05, 3.63) is 31.6 Å². The number of hydrogen-bond acceptors (Lipinski definition) is 4. The summed E-state index contributed by atoms with van der Waals surface area (Å²) in [6.07, 6.45) is 0.435. The third-order valence-corrected chi connectivity index (χ3v) is 3.03. The Balaban J connectivity index is 3.04. The molecule has 0 aliphatic carbocycles. The first kappa shape index (κ1) is 14.1. The summed E-state index contributed by atoms with van der Waals surface area (Å²) in [7, 11) is 0. The number of aliphatic hydroxyl groups excluding tert-OH is 1. The standard InChI is InChI=1S/C10H12FIN2O3/c1-6(2-3-15)13-9-4-7(11)8(12)5-10(9)14(16)17/h4-6,13,15H,2-3H2,1H3. The molecule has 0 heterocycles. The molecular formula is C10H12FIN2O3. The van der Waals surface area contributed by atoms with Gasteiger partial charge in [0.25, 0.3) is 5.69 Å². The first-order valence-corrected chi connectivity index (χ1v) is 6.04. The van der Waals surface area contributed by atoms with Crippen molar-refractivity contribution in [2.45, 2.75) is 19.4 Å². The van der Waals surface area contributed by atoms with Crippen LogP contribution in [0.2, 0.25) is 0 Å². The summed E-state index contributed by atoms with van der Waals surface area (Å²) in [5.74, 6) is -0.505. The van der Waals surface area contributed by atoms with Crippen LogP contribution >= 0.6 is 22.6 Å². The fourth-order valence-corrected chi connectivity index (χ4v) is 1.78. The fraction of sp³-hybridized carbons (Fsp3) is 0.400. The summed E-state index contributed by atoms with van der Waals surface area (Å²) < 4.78 is 13.5. The lowest BCUT2D eigenvalue weighted by molar-refractivity contribution is -0.384. The van der Waals surface area contributed by atoms with E-state index < -0.39 is 10.7 Å². The van der Waals surface area contributed by atoms with Crippen LogP contribution in [-0.4, -0.2) is 22.7 Å². The van der Waals surface area contributed by atoms with Crippen molar-refractivity contribution in [3.8, 4) is 0 Å². The maximum atomic E-state index is 13.3. The van der Waals surface area contributed by atoms with Crippen LogP contribution in [-0.2, 0) is 0 Å². The second-order valence-corrected chi connectivity index (χ2v) is 4.76. The Hall–Kier alpha value is -0.960. The fourth-order valence-electron chi connectivity index (χ4n) is 1.33. The number of anilines is 1. The molecule has 0 saturated heterocycles. The van der Waals surface area contributed by atoms with Crippen LogP contribution in [0.4, 0.5) is 15.8 Å². The number of halogens is 2. The lowest BCUT2D eigenvalue weighted by Gasteiger charge is -2.14. The van der Waals surface area contributed by atoms with Crippen molar-refractivity contribution in [3.63, 3.8) is 0 Å². The molecule has 0 bridgehead atoms. The van der Waals surface area contributed by atoms with Crippen LogP contribution < -0.4 is 5.32 Å². The van der Waals surface area contributed by atoms with Crippen LogP contribution in [0, 0.1) is 19.5 Å². The highest BCUT2D eigenvalue weighted by Gasteiger charge is 2.18. The maximum absolute atomic E-state index is 13.3. The van der Waals surface area contributed by atoms with Crippen molar-refractivity contribution in [1.29, 1.82) is 0 Å². The smallest absolute Gasteiger partial charge is 0.293 e. The maximum Gasteiger partial charge on any atom is 0.293 e. The molecule has 1 rings (SSSR count). The molecule has 1 aromatic carbocycles. The molecule has 1 unspecified atom stereocenters. The Kier molecular flexibility index (Phi) is 5.06. The number of benzene rings is 1. The Morgan fingerprint density at radius 1 is 1.65 bits per heavy atom. The Morgan fingerprint density at radius 3 is 2.82 bits per heavy atom. The van der Waals surface area contributed by atoms with Gasteiger partial charge in [0.15, 0.2) is 0 Å². The van der Waals surface area contributed by atoms with Crippen LogP contribution in [0.25, 0.3) is 0 Å². The Morgan fingerprint density at radius 2 is 2.29 bits per heavy atom. The van der Waals surface area contributed by atoms with Gasteiger partial charge in [-0.15, -0.1) is 0 Å². The highest BCUT2D eigenvalue weighted by molar-refractivity contribution is 14.1. The van der Waals surface area contributed by atoms with Gasteiger partial charge in [0, 0.05) is 24.8 Å². The topological polar surface area (TPSA) is 75.4 Å². The van der Waals surface area contributed by atoms with Crippen LogP contribution in [0.5, 0.6) is 0 Å². The second kappa shape index (κ2) is 6.10. The largest absolute Gasteiger partial charge is 0.396 e. The van der Waals surface area contributed by atoms with Gasteiger partial charge in [-0.2, -0.15) is 0 Å². The summed E-state index contributed by atoms with van der Waals surface area (Å²) in [5, 5.41) is 22.4. The molecule has 0 aliphatic rings. The van der Waals surface area contributed by atoms with Gasteiger partial charge in [-0.05, 0) is 35.9 Å². The first-order valence-electron chi connectivity index (χ1n) is 4.96. The quantitative estimate of drug-likeness (QED) is 0.484. The number of nitro benzene ring substituents is 1. The van der Waals surface area contributed by atoms with Gasteiger partial charge < -0.3 is 10.4 Å². The van der Waals surface area contributed by atoms with Gasteiger partial charge in [-0.3, -0.25) is 10.1 Å². The van der Waals surface area contributed by atoms with Gasteiger partial charge >= 0.3 is 0 Å². The zero-order valence-electron chi connectivity index (χ0n) is 9.11. The van der Waals surface area contributed by atoms with E-state index in [1.807, 2.05) is 0 Å². The molecule has 0 spiro atoms. The number of nitrogens with zero attached hydrogens (tertiary/aromatic N) is 1. The molecule has 1 aromatic rings. The average molecular weight is 354 g/mol. The molecule has 94 valence electrons. The highest BCUT2D eigenvalue weighted by Crippen LogP contribution is 2.29. The predicted octanol–water partition coefficient (Wildman–Crippen LogP) is 2.52. The molecule has 0 aromatic heterocycles. The van der Waals surface area contributed by atoms with E-state index in [9.17, 15) is 14.5 Å². The molecule has 0 fully saturated rings. The summed E-state index contributed by atoms with van der Waals surface area (Å²) in [4.78, 5) is 10.3. The number of aliphatic hydroxyl groups is 1. The van der Waals surface area contributed by atoms with E-state index in [0.29, 0.717) is 6.42 Å². The highest BCUT2D eigenvalue weighted by atomic mass is 127. The number of nitro groups is 1. The summed E-state index contributed by atoms with van der Waals surface area (Å²) in [6, 6.07) is 2.12. The first-order chi connectivity index (χ1) is 7.95. The van der Waals surface area contributed by atoms with E-state index in [1.54, 1.807) is 29.5 Å². The zero-order chi connectivity index (χ0) is 13.0. The predicted molar refractivity (Wildman–Crippen MR) is 70.6 cm³/mol. The molecule has 5 nitrogen and oxygen atoms in total. The SMILES string of the molecule is CC(CCO)Nc1cc(F)c(I)cc1[N+](=O)[O-]. The van der Waals surface area contributed by atoms with E-state index in [0.717, 1.165) is 6.07 Å². The van der Waals surface area contributed by atoms with Crippen LogP contribution in [0.1, 0.15) is 13.3 Å². The van der Waals surface area contributed by atoms with Crippen molar-refractivity contribution in [1.82, 2.24) is 0 Å². The summed E-state index contributed by atoms with van der Waals surface area (Å²) in [5.41, 5.74) is -0.0329. The molecule has 1 atom stereocenters. The van der Waals surface area contributed by atoms with Crippen LogP contribution in [0.15, 0.2) is 12.1 Å².